The topological polar surface area (TPSA) is 37.3 Å². The molecule has 0 aliphatic carbocycles. The molecular formula is C9H6BrFO2. The molecule has 0 aliphatic heterocycles. The van der Waals surface area contributed by atoms with E-state index >= 15 is 0 Å². The summed E-state index contributed by atoms with van der Waals surface area (Å²) in [5, 5.41) is 8.32. The van der Waals surface area contributed by atoms with E-state index in [0.29, 0.717) is 10.0 Å². The van der Waals surface area contributed by atoms with E-state index in [2.05, 4.69) is 15.9 Å². The number of hydrogen-bond acceptors (Lipinski definition) is 1. The number of aliphatic carboxylic acids is 1. The Morgan fingerprint density at radius 3 is 2.69 bits per heavy atom. The molecule has 0 aromatic heterocycles. The van der Waals surface area contributed by atoms with E-state index in [-0.39, 0.29) is 0 Å². The molecule has 0 saturated carbocycles. The summed E-state index contributed by atoms with van der Waals surface area (Å²) >= 11 is 3.10. The highest BCUT2D eigenvalue weighted by Gasteiger charge is 1.96. The Hall–Kier alpha value is -1.16. The lowest BCUT2D eigenvalue weighted by molar-refractivity contribution is -0.131. The fourth-order valence-electron chi connectivity index (χ4n) is 0.839. The van der Waals surface area contributed by atoms with Gasteiger partial charge in [-0.3, -0.25) is 0 Å². The molecular weight excluding hydrogens is 239 g/mol. The third-order valence-electron chi connectivity index (χ3n) is 1.30. The summed E-state index contributed by atoms with van der Waals surface area (Å²) < 4.78 is 13.3. The van der Waals surface area contributed by atoms with Crippen LogP contribution >= 0.6 is 15.9 Å². The molecule has 1 rings (SSSR count). The van der Waals surface area contributed by atoms with Crippen LogP contribution < -0.4 is 0 Å². The van der Waals surface area contributed by atoms with Gasteiger partial charge in [0, 0.05) is 10.5 Å². The molecule has 68 valence electrons. The van der Waals surface area contributed by atoms with Crippen molar-refractivity contribution in [3.63, 3.8) is 0 Å². The van der Waals surface area contributed by atoms with Gasteiger partial charge in [-0.25, -0.2) is 9.18 Å². The van der Waals surface area contributed by atoms with Crippen molar-refractivity contribution in [1.82, 2.24) is 0 Å². The van der Waals surface area contributed by atoms with E-state index in [9.17, 15) is 9.18 Å². The lowest BCUT2D eigenvalue weighted by Gasteiger charge is -1.95. The van der Waals surface area contributed by atoms with E-state index in [1.54, 1.807) is 6.07 Å². The summed E-state index contributed by atoms with van der Waals surface area (Å²) in [4.78, 5) is 10.2. The largest absolute Gasteiger partial charge is 0.478 e. The van der Waals surface area contributed by atoms with Crippen LogP contribution in [0.1, 0.15) is 5.56 Å². The van der Waals surface area contributed by atoms with Crippen LogP contribution in [0.2, 0.25) is 0 Å². The highest BCUT2D eigenvalue weighted by molar-refractivity contribution is 9.10. The van der Waals surface area contributed by atoms with Crippen molar-refractivity contribution in [2.24, 2.45) is 0 Å². The summed E-state index contributed by atoms with van der Waals surface area (Å²) in [6, 6.07) is 4.19. The van der Waals surface area contributed by atoms with E-state index in [0.717, 1.165) is 6.08 Å². The summed E-state index contributed by atoms with van der Waals surface area (Å²) in [5.74, 6) is -1.46. The van der Waals surface area contributed by atoms with Crippen molar-refractivity contribution in [3.05, 3.63) is 40.1 Å². The summed E-state index contributed by atoms with van der Waals surface area (Å²) in [7, 11) is 0. The van der Waals surface area contributed by atoms with Crippen LogP contribution in [0.4, 0.5) is 4.39 Å². The highest BCUT2D eigenvalue weighted by atomic mass is 79.9. The van der Waals surface area contributed by atoms with Crippen LogP contribution in [-0.2, 0) is 4.79 Å². The number of carboxylic acid groups (broad SMARTS) is 1. The van der Waals surface area contributed by atoms with E-state index in [1.807, 2.05) is 0 Å². The number of carboxylic acids is 1. The molecule has 0 bridgehead atoms. The zero-order valence-electron chi connectivity index (χ0n) is 6.50. The van der Waals surface area contributed by atoms with Crippen LogP contribution in [0.15, 0.2) is 28.7 Å². The number of rotatable bonds is 2. The molecule has 1 N–H and O–H groups in total. The Kier molecular flexibility index (Phi) is 3.19. The van der Waals surface area contributed by atoms with Gasteiger partial charge in [0.25, 0.3) is 0 Å². The first-order chi connectivity index (χ1) is 6.08. The maximum absolute atomic E-state index is 12.7. The minimum absolute atomic E-state index is 0.403. The standard InChI is InChI=1S/C9H6BrFO2/c10-7-3-6(1-2-9(12)13)4-8(11)5-7/h1-5H,(H,12,13). The molecule has 0 fully saturated rings. The van der Waals surface area contributed by atoms with E-state index in [4.69, 9.17) is 5.11 Å². The van der Waals surface area contributed by atoms with Gasteiger partial charge in [0.15, 0.2) is 0 Å². The molecule has 0 radical (unpaired) electrons. The van der Waals surface area contributed by atoms with Crippen LogP contribution in [-0.4, -0.2) is 11.1 Å². The number of carbonyl (C=O) groups is 1. The number of halogens is 2. The van der Waals surface area contributed by atoms with Gasteiger partial charge in [0.1, 0.15) is 5.82 Å². The van der Waals surface area contributed by atoms with Gasteiger partial charge < -0.3 is 5.11 Å². The highest BCUT2D eigenvalue weighted by Crippen LogP contribution is 2.15. The molecule has 0 amide bonds. The molecule has 0 spiro atoms. The summed E-state index contributed by atoms with van der Waals surface area (Å²) in [5.41, 5.74) is 0.509. The van der Waals surface area contributed by atoms with Crippen LogP contribution in [0, 0.1) is 5.82 Å². The SMILES string of the molecule is O=C(O)C=Cc1cc(F)cc(Br)c1. The fourth-order valence-corrected chi connectivity index (χ4v) is 1.32. The minimum atomic E-state index is -1.06. The summed E-state index contributed by atoms with van der Waals surface area (Å²) in [6.45, 7) is 0. The Bertz CT molecular complexity index is 340. The van der Waals surface area contributed by atoms with Crippen molar-refractivity contribution in [1.29, 1.82) is 0 Å². The van der Waals surface area contributed by atoms with Gasteiger partial charge in [-0.15, -0.1) is 0 Å². The van der Waals surface area contributed by atoms with E-state index < -0.39 is 11.8 Å². The lowest BCUT2D eigenvalue weighted by atomic mass is 10.2. The first-order valence-corrected chi connectivity index (χ1v) is 4.24. The average Bonchev–Trinajstić information content (AvgIpc) is 1.99. The molecule has 0 unspecified atom stereocenters. The predicted molar refractivity (Wildman–Crippen MR) is 50.8 cm³/mol. The molecule has 1 aromatic carbocycles. The van der Waals surface area contributed by atoms with Crippen molar-refractivity contribution in [2.45, 2.75) is 0 Å². The molecule has 13 heavy (non-hydrogen) atoms. The van der Waals surface area contributed by atoms with Crippen LogP contribution in [0.25, 0.3) is 6.08 Å². The number of hydrogen-bond donors (Lipinski definition) is 1. The second-order valence-electron chi connectivity index (χ2n) is 2.37. The van der Waals surface area contributed by atoms with Gasteiger partial charge in [-0.05, 0) is 29.8 Å². The van der Waals surface area contributed by atoms with Crippen molar-refractivity contribution >= 4 is 28.0 Å². The number of benzene rings is 1. The zero-order chi connectivity index (χ0) is 9.84. The first-order valence-electron chi connectivity index (χ1n) is 3.45. The molecule has 4 heteroatoms. The maximum Gasteiger partial charge on any atom is 0.328 e. The van der Waals surface area contributed by atoms with Crippen LogP contribution in [0.3, 0.4) is 0 Å². The lowest BCUT2D eigenvalue weighted by Crippen LogP contribution is -1.86. The first kappa shape index (κ1) is 9.92. The minimum Gasteiger partial charge on any atom is -0.478 e. The van der Waals surface area contributed by atoms with Gasteiger partial charge in [0.05, 0.1) is 0 Å². The Labute approximate surface area is 82.8 Å². The van der Waals surface area contributed by atoms with Gasteiger partial charge in [0.2, 0.25) is 0 Å². The van der Waals surface area contributed by atoms with Crippen molar-refractivity contribution < 1.29 is 14.3 Å². The second kappa shape index (κ2) is 4.18. The Morgan fingerprint density at radius 1 is 1.46 bits per heavy atom. The van der Waals surface area contributed by atoms with E-state index in [1.165, 1.54) is 18.2 Å². The molecule has 0 atom stereocenters. The van der Waals surface area contributed by atoms with Gasteiger partial charge in [-0.1, -0.05) is 15.9 Å². The quantitative estimate of drug-likeness (QED) is 0.813. The fraction of sp³-hybridized carbons (Fsp3) is 0. The van der Waals surface area contributed by atoms with Crippen molar-refractivity contribution in [3.8, 4) is 0 Å². The van der Waals surface area contributed by atoms with Crippen LogP contribution in [0.5, 0.6) is 0 Å². The monoisotopic (exact) mass is 244 g/mol. The van der Waals surface area contributed by atoms with Gasteiger partial charge in [-0.2, -0.15) is 0 Å². The smallest absolute Gasteiger partial charge is 0.328 e. The maximum atomic E-state index is 12.7. The zero-order valence-corrected chi connectivity index (χ0v) is 8.08. The molecule has 2 nitrogen and oxygen atoms in total. The molecule has 0 heterocycles. The predicted octanol–water partition coefficient (Wildman–Crippen LogP) is 2.69. The molecule has 0 aliphatic rings. The Morgan fingerprint density at radius 2 is 2.15 bits per heavy atom. The second-order valence-corrected chi connectivity index (χ2v) is 3.29. The third kappa shape index (κ3) is 3.38. The van der Waals surface area contributed by atoms with Gasteiger partial charge >= 0.3 is 5.97 Å². The molecule has 1 aromatic rings. The third-order valence-corrected chi connectivity index (χ3v) is 1.76. The Balaban J connectivity index is 2.95. The average molecular weight is 245 g/mol. The molecule has 0 saturated heterocycles. The normalized spacial score (nSPS) is 10.6. The summed E-state index contributed by atoms with van der Waals surface area (Å²) in [6.07, 6.45) is 2.29. The van der Waals surface area contributed by atoms with Crippen molar-refractivity contribution in [2.75, 3.05) is 0 Å².